The molecular weight excluding hydrogens is 531 g/mol. The van der Waals surface area contributed by atoms with E-state index in [9.17, 15) is 10.5 Å². The number of hydrogen-bond donors (Lipinski definition) is 0. The Morgan fingerprint density at radius 1 is 0.500 bits per heavy atom. The molecule has 0 saturated heterocycles. The Bertz CT molecular complexity index is 2430. The first-order valence-electron chi connectivity index (χ1n) is 13.7. The van der Waals surface area contributed by atoms with Crippen molar-refractivity contribution in [1.29, 1.82) is 10.5 Å². The predicted molar refractivity (Wildman–Crippen MR) is 174 cm³/mol. The van der Waals surface area contributed by atoms with Gasteiger partial charge in [-0.2, -0.15) is 10.5 Å². The lowest BCUT2D eigenvalue weighted by Crippen LogP contribution is -1.96. The fourth-order valence-electron chi connectivity index (χ4n) is 6.12. The van der Waals surface area contributed by atoms with E-state index < -0.39 is 0 Å². The molecule has 0 aliphatic carbocycles. The van der Waals surface area contributed by atoms with Crippen molar-refractivity contribution < 1.29 is 0 Å². The summed E-state index contributed by atoms with van der Waals surface area (Å²) in [4.78, 5) is 0. The molecule has 8 aromatic rings. The maximum Gasteiger partial charge on any atom is 0.0992 e. The van der Waals surface area contributed by atoms with Crippen LogP contribution in [0, 0.1) is 22.7 Å². The fraction of sp³-hybridized carbons (Fsp3) is 0. The molecule has 4 heteroatoms. The van der Waals surface area contributed by atoms with Gasteiger partial charge in [-0.3, -0.25) is 0 Å². The highest BCUT2D eigenvalue weighted by Gasteiger charge is 2.16. The van der Waals surface area contributed by atoms with Crippen LogP contribution in [0.4, 0.5) is 0 Å². The summed E-state index contributed by atoms with van der Waals surface area (Å²) >= 11 is 1.79. The van der Waals surface area contributed by atoms with Crippen molar-refractivity contribution in [1.82, 2.24) is 4.57 Å². The van der Waals surface area contributed by atoms with Gasteiger partial charge in [0.15, 0.2) is 0 Å². The Morgan fingerprint density at radius 3 is 2.14 bits per heavy atom. The molecule has 6 aromatic carbocycles. The molecule has 0 aliphatic rings. The van der Waals surface area contributed by atoms with Gasteiger partial charge in [0.05, 0.1) is 34.3 Å². The smallest absolute Gasteiger partial charge is 0.0992 e. The van der Waals surface area contributed by atoms with Crippen LogP contribution in [0.1, 0.15) is 11.1 Å². The van der Waals surface area contributed by atoms with Crippen LogP contribution in [0.15, 0.2) is 127 Å². The average Bonchev–Trinajstić information content (AvgIpc) is 3.60. The molecule has 194 valence electrons. The molecule has 42 heavy (non-hydrogen) atoms. The van der Waals surface area contributed by atoms with E-state index in [-0.39, 0.29) is 0 Å². The summed E-state index contributed by atoms with van der Waals surface area (Å²) in [5.74, 6) is 0. The van der Waals surface area contributed by atoms with E-state index in [1.54, 1.807) is 11.3 Å². The lowest BCUT2D eigenvalue weighted by Gasteiger charge is -2.12. The van der Waals surface area contributed by atoms with Gasteiger partial charge < -0.3 is 4.57 Å². The monoisotopic (exact) mass is 551 g/mol. The van der Waals surface area contributed by atoms with Crippen molar-refractivity contribution in [3.8, 4) is 40.1 Å². The zero-order chi connectivity index (χ0) is 28.2. The number of fused-ring (bicyclic) bond motifs is 6. The Labute approximate surface area is 246 Å². The first-order chi connectivity index (χ1) is 20.7. The van der Waals surface area contributed by atoms with Crippen LogP contribution in [0.5, 0.6) is 0 Å². The zero-order valence-corrected chi connectivity index (χ0v) is 23.2. The van der Waals surface area contributed by atoms with Gasteiger partial charge in [-0.1, -0.05) is 72.8 Å². The Hall–Kier alpha value is -5.68. The van der Waals surface area contributed by atoms with Crippen LogP contribution in [0.2, 0.25) is 0 Å². The van der Waals surface area contributed by atoms with Crippen molar-refractivity contribution in [2.24, 2.45) is 0 Å². The summed E-state index contributed by atoms with van der Waals surface area (Å²) in [6.45, 7) is 0. The van der Waals surface area contributed by atoms with Gasteiger partial charge in [-0.15, -0.1) is 11.3 Å². The predicted octanol–water partition coefficient (Wildman–Crippen LogP) is 10.2. The molecule has 2 heterocycles. The first-order valence-corrected chi connectivity index (χ1v) is 14.5. The summed E-state index contributed by atoms with van der Waals surface area (Å²) in [6, 6.07) is 48.5. The summed E-state index contributed by atoms with van der Waals surface area (Å²) in [6.07, 6.45) is 0. The summed E-state index contributed by atoms with van der Waals surface area (Å²) in [5, 5.41) is 24.2. The molecule has 0 N–H and O–H groups in total. The standard InChI is InChI=1S/C38H21N3S/c39-22-24-13-15-36-33(19-24)31-9-4-5-12-35(31)41(36)29-18-25(23-40)17-28(20-29)30-10-6-11-32-34-21-27(26-7-2-1-3-8-26)14-16-37(34)42-38(30)32/h1-21H. The van der Waals surface area contributed by atoms with E-state index in [4.69, 9.17) is 0 Å². The van der Waals surface area contributed by atoms with E-state index in [1.165, 1.54) is 31.3 Å². The number of aromatic nitrogens is 1. The molecule has 0 unspecified atom stereocenters. The number of benzene rings is 6. The third kappa shape index (κ3) is 3.71. The maximum atomic E-state index is 10.1. The van der Waals surface area contributed by atoms with Crippen molar-refractivity contribution >= 4 is 53.3 Å². The van der Waals surface area contributed by atoms with Crippen LogP contribution in [0.25, 0.3) is 69.9 Å². The average molecular weight is 552 g/mol. The number of hydrogen-bond acceptors (Lipinski definition) is 3. The molecule has 0 aliphatic heterocycles. The number of rotatable bonds is 3. The van der Waals surface area contributed by atoms with Crippen LogP contribution in [-0.2, 0) is 0 Å². The molecular formula is C38H21N3S. The minimum Gasteiger partial charge on any atom is -0.309 e. The van der Waals surface area contributed by atoms with Crippen LogP contribution < -0.4 is 0 Å². The van der Waals surface area contributed by atoms with Gasteiger partial charge in [0.25, 0.3) is 0 Å². The van der Waals surface area contributed by atoms with Crippen molar-refractivity contribution in [3.63, 3.8) is 0 Å². The zero-order valence-electron chi connectivity index (χ0n) is 22.4. The highest BCUT2D eigenvalue weighted by Crippen LogP contribution is 2.42. The van der Waals surface area contributed by atoms with E-state index in [0.717, 1.165) is 38.6 Å². The van der Waals surface area contributed by atoms with E-state index in [2.05, 4.69) is 95.6 Å². The topological polar surface area (TPSA) is 52.5 Å². The molecule has 2 aromatic heterocycles. The lowest BCUT2D eigenvalue weighted by atomic mass is 9.99. The highest BCUT2D eigenvalue weighted by atomic mass is 32.1. The van der Waals surface area contributed by atoms with Gasteiger partial charge in [-0.25, -0.2) is 0 Å². The SMILES string of the molecule is N#Cc1cc(-c2cccc3c2sc2ccc(-c4ccccc4)cc23)cc(-n2c3ccccc3c3cc(C#N)ccc32)c1. The molecule has 0 bridgehead atoms. The van der Waals surface area contributed by atoms with Crippen LogP contribution in [-0.4, -0.2) is 4.57 Å². The summed E-state index contributed by atoms with van der Waals surface area (Å²) in [5.41, 5.74) is 8.72. The summed E-state index contributed by atoms with van der Waals surface area (Å²) in [7, 11) is 0. The van der Waals surface area contributed by atoms with Crippen molar-refractivity contribution in [2.75, 3.05) is 0 Å². The molecule has 0 spiro atoms. The largest absolute Gasteiger partial charge is 0.309 e. The fourth-order valence-corrected chi connectivity index (χ4v) is 7.34. The van der Waals surface area contributed by atoms with Crippen molar-refractivity contribution in [2.45, 2.75) is 0 Å². The molecule has 0 radical (unpaired) electrons. The minimum absolute atomic E-state index is 0.603. The molecule has 0 amide bonds. The third-order valence-electron chi connectivity index (χ3n) is 8.02. The van der Waals surface area contributed by atoms with Gasteiger partial charge >= 0.3 is 0 Å². The van der Waals surface area contributed by atoms with Crippen molar-refractivity contribution in [3.05, 3.63) is 139 Å². The number of para-hydroxylation sites is 1. The van der Waals surface area contributed by atoms with E-state index in [0.29, 0.717) is 11.1 Å². The Balaban J connectivity index is 1.36. The molecule has 8 rings (SSSR count). The second-order valence-corrected chi connectivity index (χ2v) is 11.5. The second-order valence-electron chi connectivity index (χ2n) is 10.4. The number of nitriles is 2. The Kier molecular flexibility index (Phi) is 5.44. The molecule has 0 atom stereocenters. The Morgan fingerprint density at radius 2 is 1.29 bits per heavy atom. The van der Waals surface area contributed by atoms with Crippen LogP contribution in [0.3, 0.4) is 0 Å². The number of nitrogens with zero attached hydrogens (tertiary/aromatic N) is 3. The quantitative estimate of drug-likeness (QED) is 0.219. The second kappa shape index (κ2) is 9.46. The number of thiophene rings is 1. The molecule has 3 nitrogen and oxygen atoms in total. The molecule has 0 fully saturated rings. The first kappa shape index (κ1) is 24.1. The van der Waals surface area contributed by atoms with Gasteiger partial charge in [-0.05, 0) is 76.9 Å². The van der Waals surface area contributed by atoms with Gasteiger partial charge in [0.1, 0.15) is 0 Å². The van der Waals surface area contributed by atoms with Crippen LogP contribution >= 0.6 is 11.3 Å². The lowest BCUT2D eigenvalue weighted by molar-refractivity contribution is 1.18. The normalized spacial score (nSPS) is 11.3. The minimum atomic E-state index is 0.603. The van der Waals surface area contributed by atoms with Gasteiger partial charge in [0.2, 0.25) is 0 Å². The highest BCUT2D eigenvalue weighted by molar-refractivity contribution is 7.26. The maximum absolute atomic E-state index is 10.1. The third-order valence-corrected chi connectivity index (χ3v) is 9.24. The van der Waals surface area contributed by atoms with E-state index >= 15 is 0 Å². The van der Waals surface area contributed by atoms with Gasteiger partial charge in [0, 0.05) is 36.6 Å². The molecule has 0 saturated carbocycles. The van der Waals surface area contributed by atoms with E-state index in [1.807, 2.05) is 48.5 Å². The summed E-state index contributed by atoms with van der Waals surface area (Å²) < 4.78 is 4.65.